The standard InChI is InChI=1S/C17H17Cl2NO/c1-21-14-5-3-11-6-7-17(20,15(11)9-14)10-12-2-4-13(18)8-16(12)19/h2-5,8-9H,6-7,10,20H2,1H3. The first-order chi connectivity index (χ1) is 10.0. The maximum absolute atomic E-state index is 6.69. The SMILES string of the molecule is COc1ccc2c(c1)C(N)(Cc1ccc(Cl)cc1Cl)CC2. The van der Waals surface area contributed by atoms with E-state index in [4.69, 9.17) is 33.7 Å². The van der Waals surface area contributed by atoms with E-state index in [9.17, 15) is 0 Å². The average Bonchev–Trinajstić information content (AvgIpc) is 2.79. The molecule has 110 valence electrons. The number of nitrogens with two attached hydrogens (primary N) is 1. The molecule has 0 spiro atoms. The summed E-state index contributed by atoms with van der Waals surface area (Å²) in [4.78, 5) is 0. The van der Waals surface area contributed by atoms with E-state index in [0.29, 0.717) is 16.5 Å². The van der Waals surface area contributed by atoms with Gasteiger partial charge in [0.05, 0.1) is 7.11 Å². The molecular formula is C17H17Cl2NO. The number of methoxy groups -OCH3 is 1. The number of rotatable bonds is 3. The lowest BCUT2D eigenvalue weighted by atomic mass is 9.86. The molecule has 2 aromatic carbocycles. The molecule has 0 radical (unpaired) electrons. The zero-order valence-corrected chi connectivity index (χ0v) is 13.3. The molecule has 0 amide bonds. The van der Waals surface area contributed by atoms with Crippen LogP contribution in [-0.4, -0.2) is 7.11 Å². The highest BCUT2D eigenvalue weighted by Gasteiger charge is 2.35. The average molecular weight is 322 g/mol. The van der Waals surface area contributed by atoms with Gasteiger partial charge in [0, 0.05) is 15.6 Å². The second-order valence-corrected chi connectivity index (χ2v) is 6.44. The first-order valence-electron chi connectivity index (χ1n) is 6.92. The highest BCUT2D eigenvalue weighted by molar-refractivity contribution is 6.35. The van der Waals surface area contributed by atoms with Gasteiger partial charge in [-0.15, -0.1) is 0 Å². The van der Waals surface area contributed by atoms with Crippen LogP contribution in [0.3, 0.4) is 0 Å². The van der Waals surface area contributed by atoms with E-state index in [1.54, 1.807) is 13.2 Å². The van der Waals surface area contributed by atoms with Crippen LogP contribution in [0.5, 0.6) is 5.75 Å². The summed E-state index contributed by atoms with van der Waals surface area (Å²) in [5.74, 6) is 0.840. The second kappa shape index (κ2) is 5.53. The molecule has 4 heteroatoms. The van der Waals surface area contributed by atoms with Crippen LogP contribution in [-0.2, 0) is 18.4 Å². The highest BCUT2D eigenvalue weighted by Crippen LogP contribution is 2.40. The Morgan fingerprint density at radius 3 is 2.71 bits per heavy atom. The third-order valence-electron chi connectivity index (χ3n) is 4.21. The van der Waals surface area contributed by atoms with Crippen LogP contribution in [0.2, 0.25) is 10.0 Å². The smallest absolute Gasteiger partial charge is 0.119 e. The lowest BCUT2D eigenvalue weighted by Gasteiger charge is -2.26. The van der Waals surface area contributed by atoms with Crippen molar-refractivity contribution in [3.63, 3.8) is 0 Å². The van der Waals surface area contributed by atoms with E-state index in [2.05, 4.69) is 6.07 Å². The summed E-state index contributed by atoms with van der Waals surface area (Å²) in [5.41, 5.74) is 9.77. The summed E-state index contributed by atoms with van der Waals surface area (Å²) >= 11 is 12.2. The first-order valence-corrected chi connectivity index (χ1v) is 7.68. The van der Waals surface area contributed by atoms with Gasteiger partial charge in [0.25, 0.3) is 0 Å². The zero-order valence-electron chi connectivity index (χ0n) is 11.8. The number of aryl methyl sites for hydroxylation is 1. The van der Waals surface area contributed by atoms with Crippen LogP contribution in [0, 0.1) is 0 Å². The molecule has 2 N–H and O–H groups in total. The van der Waals surface area contributed by atoms with Gasteiger partial charge in [0.15, 0.2) is 0 Å². The monoisotopic (exact) mass is 321 g/mol. The van der Waals surface area contributed by atoms with Crippen LogP contribution in [0.25, 0.3) is 0 Å². The Hall–Kier alpha value is -1.22. The Labute approximate surface area is 134 Å². The van der Waals surface area contributed by atoms with Crippen molar-refractivity contribution in [3.05, 3.63) is 63.1 Å². The molecule has 0 aliphatic heterocycles. The Balaban J connectivity index is 1.96. The molecule has 0 saturated carbocycles. The first kappa shape index (κ1) is 14.7. The number of hydrogen-bond acceptors (Lipinski definition) is 2. The fourth-order valence-electron chi connectivity index (χ4n) is 3.04. The van der Waals surface area contributed by atoms with Crippen LogP contribution in [0.4, 0.5) is 0 Å². The van der Waals surface area contributed by atoms with E-state index in [0.717, 1.165) is 29.7 Å². The predicted octanol–water partition coefficient (Wildman–Crippen LogP) is 4.34. The quantitative estimate of drug-likeness (QED) is 0.912. The van der Waals surface area contributed by atoms with E-state index in [1.807, 2.05) is 24.3 Å². The van der Waals surface area contributed by atoms with E-state index >= 15 is 0 Å². The van der Waals surface area contributed by atoms with Crippen molar-refractivity contribution in [1.82, 2.24) is 0 Å². The minimum atomic E-state index is -0.401. The molecule has 0 aromatic heterocycles. The molecule has 2 aromatic rings. The number of benzene rings is 2. The maximum Gasteiger partial charge on any atom is 0.119 e. The summed E-state index contributed by atoms with van der Waals surface area (Å²) in [6.45, 7) is 0. The van der Waals surface area contributed by atoms with Gasteiger partial charge in [0.1, 0.15) is 5.75 Å². The maximum atomic E-state index is 6.69. The molecular weight excluding hydrogens is 305 g/mol. The molecule has 0 saturated heterocycles. The molecule has 3 rings (SSSR count). The molecule has 0 heterocycles. The predicted molar refractivity (Wildman–Crippen MR) is 87.3 cm³/mol. The third-order valence-corrected chi connectivity index (χ3v) is 4.80. The van der Waals surface area contributed by atoms with Gasteiger partial charge < -0.3 is 10.5 Å². The largest absolute Gasteiger partial charge is 0.497 e. The van der Waals surface area contributed by atoms with Gasteiger partial charge in [-0.05, 0) is 60.2 Å². The topological polar surface area (TPSA) is 35.2 Å². The van der Waals surface area contributed by atoms with Crippen molar-refractivity contribution in [2.24, 2.45) is 5.73 Å². The normalized spacial score (nSPS) is 20.4. The second-order valence-electron chi connectivity index (χ2n) is 5.59. The van der Waals surface area contributed by atoms with Crippen LogP contribution in [0.15, 0.2) is 36.4 Å². The van der Waals surface area contributed by atoms with Gasteiger partial charge in [-0.2, -0.15) is 0 Å². The summed E-state index contributed by atoms with van der Waals surface area (Å²) in [7, 11) is 1.67. The molecule has 2 nitrogen and oxygen atoms in total. The van der Waals surface area contributed by atoms with E-state index in [-0.39, 0.29) is 0 Å². The van der Waals surface area contributed by atoms with E-state index < -0.39 is 5.54 Å². The molecule has 1 aliphatic carbocycles. The van der Waals surface area contributed by atoms with Gasteiger partial charge in [-0.1, -0.05) is 35.3 Å². The molecule has 0 fully saturated rings. The van der Waals surface area contributed by atoms with Gasteiger partial charge >= 0.3 is 0 Å². The lowest BCUT2D eigenvalue weighted by molar-refractivity contribution is 0.407. The Kier molecular flexibility index (Phi) is 3.87. The number of halogens is 2. The molecule has 21 heavy (non-hydrogen) atoms. The Bertz CT molecular complexity index is 686. The number of ether oxygens (including phenoxy) is 1. The van der Waals surface area contributed by atoms with Gasteiger partial charge in [0.2, 0.25) is 0 Å². The fraction of sp³-hybridized carbons (Fsp3) is 0.294. The van der Waals surface area contributed by atoms with Gasteiger partial charge in [-0.3, -0.25) is 0 Å². The van der Waals surface area contributed by atoms with Crippen LogP contribution >= 0.6 is 23.2 Å². The fourth-order valence-corrected chi connectivity index (χ4v) is 3.52. The highest BCUT2D eigenvalue weighted by atomic mass is 35.5. The lowest BCUT2D eigenvalue weighted by Crippen LogP contribution is -2.36. The van der Waals surface area contributed by atoms with Gasteiger partial charge in [-0.25, -0.2) is 0 Å². The summed E-state index contributed by atoms with van der Waals surface area (Å²) in [6, 6.07) is 11.7. The molecule has 1 unspecified atom stereocenters. The molecule has 1 atom stereocenters. The number of hydrogen-bond donors (Lipinski definition) is 1. The minimum absolute atomic E-state index is 0.401. The number of fused-ring (bicyclic) bond motifs is 1. The van der Waals surface area contributed by atoms with Crippen molar-refractivity contribution in [1.29, 1.82) is 0 Å². The van der Waals surface area contributed by atoms with Crippen molar-refractivity contribution in [3.8, 4) is 5.75 Å². The molecule has 0 bridgehead atoms. The van der Waals surface area contributed by atoms with Crippen molar-refractivity contribution in [2.75, 3.05) is 7.11 Å². The minimum Gasteiger partial charge on any atom is -0.497 e. The van der Waals surface area contributed by atoms with Crippen LogP contribution in [0.1, 0.15) is 23.1 Å². The zero-order chi connectivity index (χ0) is 15.0. The van der Waals surface area contributed by atoms with Crippen LogP contribution < -0.4 is 10.5 Å². The third kappa shape index (κ3) is 2.76. The Morgan fingerprint density at radius 1 is 1.19 bits per heavy atom. The van der Waals surface area contributed by atoms with E-state index in [1.165, 1.54) is 5.56 Å². The summed E-state index contributed by atoms with van der Waals surface area (Å²) < 4.78 is 5.32. The Morgan fingerprint density at radius 2 is 2.00 bits per heavy atom. The van der Waals surface area contributed by atoms with Crippen molar-refractivity contribution < 1.29 is 4.74 Å². The molecule has 1 aliphatic rings. The van der Waals surface area contributed by atoms with Crippen molar-refractivity contribution in [2.45, 2.75) is 24.8 Å². The summed E-state index contributed by atoms with van der Waals surface area (Å²) in [5, 5.41) is 1.31. The summed E-state index contributed by atoms with van der Waals surface area (Å²) in [6.07, 6.45) is 2.60. The van der Waals surface area contributed by atoms with Crippen molar-refractivity contribution >= 4 is 23.2 Å².